The van der Waals surface area contributed by atoms with Gasteiger partial charge in [0, 0.05) is 0 Å². The highest BCUT2D eigenvalue weighted by atomic mass is 28.4. The zero-order valence-electron chi connectivity index (χ0n) is 14.7. The molecule has 7 heteroatoms. The summed E-state index contributed by atoms with van der Waals surface area (Å²) in [5, 5.41) is 0.825. The molecule has 22 heavy (non-hydrogen) atoms. The minimum atomic E-state index is -1.92. The highest BCUT2D eigenvalue weighted by Gasteiger charge is 2.43. The lowest BCUT2D eigenvalue weighted by Crippen LogP contribution is -2.35. The Morgan fingerprint density at radius 1 is 0.864 bits per heavy atom. The van der Waals surface area contributed by atoms with Crippen LogP contribution in [0.4, 0.5) is 0 Å². The lowest BCUT2D eigenvalue weighted by Gasteiger charge is -2.26. The van der Waals surface area contributed by atoms with E-state index in [0.717, 1.165) is 5.20 Å². The van der Waals surface area contributed by atoms with Crippen molar-refractivity contribution in [2.75, 3.05) is 20.8 Å². The summed E-state index contributed by atoms with van der Waals surface area (Å²) >= 11 is 0. The maximum atomic E-state index is 12.6. The maximum absolute atomic E-state index is 12.6. The highest BCUT2D eigenvalue weighted by Crippen LogP contribution is 2.32. The van der Waals surface area contributed by atoms with Crippen LogP contribution in [0.1, 0.15) is 0 Å². The largest absolute Gasteiger partial charge is 0.489 e. The van der Waals surface area contributed by atoms with Crippen LogP contribution in [0.3, 0.4) is 0 Å². The second-order valence-electron chi connectivity index (χ2n) is 7.23. The minimum absolute atomic E-state index is 0.00810. The third-order valence-corrected chi connectivity index (χ3v) is 6.55. The number of rotatable bonds is 6. The fraction of sp³-hybridized carbons (Fsp3) is 0.600. The first-order valence-corrected chi connectivity index (χ1v) is 14.1. The van der Waals surface area contributed by atoms with Crippen LogP contribution >= 0.6 is 0 Å². The van der Waals surface area contributed by atoms with Gasteiger partial charge in [-0.15, -0.1) is 0 Å². The Bertz CT molecular complexity index is 519. The summed E-state index contributed by atoms with van der Waals surface area (Å²) in [6.07, 6.45) is 0. The predicted octanol–water partition coefficient (Wildman–Crippen LogP) is 2.67. The van der Waals surface area contributed by atoms with Gasteiger partial charge in [-0.05, 0) is 24.8 Å². The second kappa shape index (κ2) is 6.51. The zero-order valence-corrected chi connectivity index (χ0v) is 16.7. The Balaban J connectivity index is 3.37. The van der Waals surface area contributed by atoms with Gasteiger partial charge in [0.05, 0.1) is 34.5 Å². The van der Waals surface area contributed by atoms with Crippen LogP contribution in [-0.4, -0.2) is 48.8 Å². The van der Waals surface area contributed by atoms with Gasteiger partial charge in [0.2, 0.25) is 23.1 Å². The summed E-state index contributed by atoms with van der Waals surface area (Å²) < 4.78 is 16.1. The number of ether oxygens (including phenoxy) is 2. The third kappa shape index (κ3) is 3.96. The number of Topliss-reactive ketones (excluding diaryl/α,β-unsaturated/α-hetero) is 2. The van der Waals surface area contributed by atoms with Crippen molar-refractivity contribution in [2.24, 2.45) is 0 Å². The third-order valence-electron chi connectivity index (χ3n) is 3.34. The molecule has 0 saturated carbocycles. The normalized spacial score (nSPS) is 16.5. The van der Waals surface area contributed by atoms with Crippen molar-refractivity contribution in [1.82, 2.24) is 0 Å². The lowest BCUT2D eigenvalue weighted by molar-refractivity contribution is -0.117. The van der Waals surface area contributed by atoms with Gasteiger partial charge in [-0.2, -0.15) is 0 Å². The van der Waals surface area contributed by atoms with Crippen LogP contribution < -0.4 is 0 Å². The van der Waals surface area contributed by atoms with Gasteiger partial charge < -0.3 is 13.9 Å². The van der Waals surface area contributed by atoms with E-state index in [1.54, 1.807) is 0 Å². The van der Waals surface area contributed by atoms with Crippen molar-refractivity contribution in [3.8, 4) is 0 Å². The van der Waals surface area contributed by atoms with Gasteiger partial charge in [-0.25, -0.2) is 0 Å². The smallest absolute Gasteiger partial charge is 0.235 e. The molecule has 0 bridgehead atoms. The number of allylic oxidation sites excluding steroid dienone is 2. The number of methoxy groups -OCH3 is 2. The molecule has 0 heterocycles. The van der Waals surface area contributed by atoms with Gasteiger partial charge in [-0.3, -0.25) is 9.59 Å². The van der Waals surface area contributed by atoms with Crippen LogP contribution in [0, 0.1) is 0 Å². The van der Waals surface area contributed by atoms with E-state index < -0.39 is 16.4 Å². The molecule has 1 rings (SSSR count). The topological polar surface area (TPSA) is 61.8 Å². The van der Waals surface area contributed by atoms with Gasteiger partial charge in [0.1, 0.15) is 0 Å². The van der Waals surface area contributed by atoms with E-state index in [2.05, 4.69) is 39.3 Å². The van der Waals surface area contributed by atoms with Gasteiger partial charge >= 0.3 is 0 Å². The summed E-state index contributed by atoms with van der Waals surface area (Å²) in [6, 6.07) is 0. The molecule has 1 aliphatic rings. The molecule has 0 aromatic heterocycles. The van der Waals surface area contributed by atoms with Crippen molar-refractivity contribution in [2.45, 2.75) is 39.3 Å². The molecule has 0 N–H and O–H groups in total. The molecule has 0 saturated heterocycles. The second-order valence-corrected chi connectivity index (χ2v) is 16.8. The van der Waals surface area contributed by atoms with Gasteiger partial charge in [-0.1, -0.05) is 19.6 Å². The molecule has 0 spiro atoms. The van der Waals surface area contributed by atoms with Crippen LogP contribution in [0.15, 0.2) is 22.3 Å². The summed E-state index contributed by atoms with van der Waals surface area (Å²) in [4.78, 5) is 25.1. The summed E-state index contributed by atoms with van der Waals surface area (Å²) in [7, 11) is -0.937. The highest BCUT2D eigenvalue weighted by molar-refractivity contribution is 6.84. The van der Waals surface area contributed by atoms with Crippen molar-refractivity contribution < 1.29 is 23.5 Å². The zero-order chi connectivity index (χ0) is 17.3. The van der Waals surface area contributed by atoms with E-state index in [0.29, 0.717) is 6.61 Å². The van der Waals surface area contributed by atoms with Gasteiger partial charge in [0.25, 0.3) is 0 Å². The van der Waals surface area contributed by atoms with Crippen molar-refractivity contribution in [1.29, 1.82) is 0 Å². The number of hydrogen-bond acceptors (Lipinski definition) is 5. The molecule has 0 aliphatic heterocycles. The summed E-state index contributed by atoms with van der Waals surface area (Å²) in [5.41, 5.74) is 0.186. The first-order valence-electron chi connectivity index (χ1n) is 7.23. The predicted molar refractivity (Wildman–Crippen MR) is 90.7 cm³/mol. The molecule has 0 atom stereocenters. The fourth-order valence-electron chi connectivity index (χ4n) is 2.13. The first-order chi connectivity index (χ1) is 9.94. The van der Waals surface area contributed by atoms with E-state index in [1.165, 1.54) is 14.2 Å². The Hall–Kier alpha value is -1.19. The number of ketones is 2. The lowest BCUT2D eigenvalue weighted by atomic mass is 10.1. The molecule has 0 aromatic carbocycles. The molecule has 0 amide bonds. The quantitative estimate of drug-likeness (QED) is 0.422. The van der Waals surface area contributed by atoms with Crippen molar-refractivity contribution >= 4 is 28.0 Å². The summed E-state index contributed by atoms with van der Waals surface area (Å²) in [6.45, 7) is 12.9. The first kappa shape index (κ1) is 18.9. The Morgan fingerprint density at radius 3 is 1.55 bits per heavy atom. The van der Waals surface area contributed by atoms with E-state index in [1.807, 2.05) is 0 Å². The SMILES string of the molecule is COC1=C(OC)C(=O)C(=C(CO[Si](C)(C)C)[Si](C)(C)C)C1=O. The van der Waals surface area contributed by atoms with Gasteiger partial charge in [0.15, 0.2) is 8.32 Å². The van der Waals surface area contributed by atoms with Crippen LogP contribution in [-0.2, 0) is 23.5 Å². The molecule has 124 valence electrons. The number of carbonyl (C=O) groups is 2. The van der Waals surface area contributed by atoms with E-state index in [-0.39, 0.29) is 28.7 Å². The maximum Gasteiger partial charge on any atom is 0.235 e. The molecule has 0 fully saturated rings. The standard InChI is InChI=1S/C15H26O5Si2/c1-18-14-12(16)11(13(17)15(14)19-2)10(21(3,4)5)9-20-22(6,7)8/h9H2,1-8H3. The van der Waals surface area contributed by atoms with Crippen LogP contribution in [0.5, 0.6) is 0 Å². The van der Waals surface area contributed by atoms with Crippen molar-refractivity contribution in [3.63, 3.8) is 0 Å². The Labute approximate surface area is 134 Å². The fourth-order valence-corrected chi connectivity index (χ4v) is 4.34. The monoisotopic (exact) mass is 342 g/mol. The molecule has 0 unspecified atom stereocenters. The average Bonchev–Trinajstić information content (AvgIpc) is 2.59. The average molecular weight is 343 g/mol. The van der Waals surface area contributed by atoms with Crippen LogP contribution in [0.2, 0.25) is 39.3 Å². The minimum Gasteiger partial charge on any atom is -0.489 e. The van der Waals surface area contributed by atoms with Crippen molar-refractivity contribution in [3.05, 3.63) is 22.3 Å². The summed E-state index contributed by atoms with van der Waals surface area (Å²) in [5.74, 6) is -0.792. The van der Waals surface area contributed by atoms with E-state index >= 15 is 0 Å². The Morgan fingerprint density at radius 2 is 1.27 bits per heavy atom. The molecule has 0 aromatic rings. The Kier molecular flexibility index (Phi) is 5.58. The van der Waals surface area contributed by atoms with Crippen LogP contribution in [0.25, 0.3) is 0 Å². The number of carbonyl (C=O) groups excluding carboxylic acids is 2. The van der Waals surface area contributed by atoms with E-state index in [4.69, 9.17) is 13.9 Å². The molecule has 1 aliphatic carbocycles. The molecular weight excluding hydrogens is 316 g/mol. The van der Waals surface area contributed by atoms with E-state index in [9.17, 15) is 9.59 Å². The molecule has 0 radical (unpaired) electrons. The molecular formula is C15H26O5Si2. The molecule has 5 nitrogen and oxygen atoms in total. The number of hydrogen-bond donors (Lipinski definition) is 0.